The Kier molecular flexibility index (Phi) is 5.17. The van der Waals surface area contributed by atoms with E-state index in [9.17, 15) is 14.7 Å². The Morgan fingerprint density at radius 2 is 2.24 bits per heavy atom. The van der Waals surface area contributed by atoms with Gasteiger partial charge in [-0.25, -0.2) is 14.8 Å². The first kappa shape index (κ1) is 17.6. The average molecular weight is 362 g/mol. The molecule has 2 N–H and O–H groups in total. The molecule has 0 bridgehead atoms. The van der Waals surface area contributed by atoms with Gasteiger partial charge in [0.25, 0.3) is 0 Å². The molecule has 134 valence electrons. The molecule has 1 unspecified atom stereocenters. The summed E-state index contributed by atoms with van der Waals surface area (Å²) in [6.07, 6.45) is 3.49. The van der Waals surface area contributed by atoms with Crippen molar-refractivity contribution in [1.82, 2.24) is 15.3 Å². The number of anilines is 1. The topological polar surface area (TPSA) is 95.4 Å². The van der Waals surface area contributed by atoms with Crippen molar-refractivity contribution < 1.29 is 14.7 Å². The molecule has 0 aliphatic carbocycles. The van der Waals surface area contributed by atoms with E-state index in [1.807, 2.05) is 30.2 Å². The lowest BCUT2D eigenvalue weighted by Gasteiger charge is -2.27. The minimum atomic E-state index is -0.992. The van der Waals surface area contributed by atoms with Gasteiger partial charge in [0, 0.05) is 6.54 Å². The second kappa shape index (κ2) is 7.35. The first-order chi connectivity index (χ1) is 12.0. The third kappa shape index (κ3) is 3.73. The minimum Gasteiger partial charge on any atom is -0.480 e. The number of rotatable bonds is 6. The maximum Gasteiger partial charge on any atom is 0.326 e. The number of thiophene rings is 1. The third-order valence-corrected chi connectivity index (χ3v) is 5.21. The molecule has 25 heavy (non-hydrogen) atoms. The lowest BCUT2D eigenvalue weighted by atomic mass is 10.0. The van der Waals surface area contributed by atoms with Crippen LogP contribution >= 0.6 is 11.3 Å². The van der Waals surface area contributed by atoms with E-state index in [-0.39, 0.29) is 11.8 Å². The molecule has 8 heteroatoms. The number of hydrogen-bond donors (Lipinski definition) is 2. The summed E-state index contributed by atoms with van der Waals surface area (Å²) in [4.78, 5) is 35.7. The van der Waals surface area contributed by atoms with Crippen LogP contribution in [0.15, 0.2) is 17.8 Å². The van der Waals surface area contributed by atoms with Gasteiger partial charge in [0.05, 0.1) is 5.39 Å². The van der Waals surface area contributed by atoms with Gasteiger partial charge in [-0.1, -0.05) is 13.8 Å². The van der Waals surface area contributed by atoms with Crippen molar-refractivity contribution in [1.29, 1.82) is 0 Å². The van der Waals surface area contributed by atoms with Crippen LogP contribution in [0.3, 0.4) is 0 Å². The Morgan fingerprint density at radius 3 is 2.96 bits per heavy atom. The summed E-state index contributed by atoms with van der Waals surface area (Å²) in [7, 11) is 0. The normalized spacial score (nSPS) is 18.7. The van der Waals surface area contributed by atoms with Gasteiger partial charge < -0.3 is 15.3 Å². The third-order valence-electron chi connectivity index (χ3n) is 4.39. The van der Waals surface area contributed by atoms with Crippen molar-refractivity contribution in [3.63, 3.8) is 0 Å². The summed E-state index contributed by atoms with van der Waals surface area (Å²) in [6.45, 7) is 4.61. The number of amides is 1. The molecule has 1 aliphatic rings. The highest BCUT2D eigenvalue weighted by Gasteiger charge is 2.34. The Balaban J connectivity index is 1.80. The van der Waals surface area contributed by atoms with Crippen molar-refractivity contribution in [2.75, 3.05) is 11.4 Å². The predicted molar refractivity (Wildman–Crippen MR) is 96.8 cm³/mol. The van der Waals surface area contributed by atoms with Crippen LogP contribution in [0.1, 0.15) is 33.1 Å². The van der Waals surface area contributed by atoms with Crippen LogP contribution < -0.4 is 10.2 Å². The Bertz CT molecular complexity index is 776. The first-order valence-corrected chi connectivity index (χ1v) is 9.33. The van der Waals surface area contributed by atoms with E-state index in [0.29, 0.717) is 12.8 Å². The van der Waals surface area contributed by atoms with Crippen LogP contribution in [-0.4, -0.2) is 45.6 Å². The van der Waals surface area contributed by atoms with Crippen LogP contribution in [0.5, 0.6) is 0 Å². The number of aromatic nitrogens is 2. The van der Waals surface area contributed by atoms with Crippen molar-refractivity contribution in [3.05, 3.63) is 17.8 Å². The van der Waals surface area contributed by atoms with E-state index in [0.717, 1.165) is 29.0 Å². The maximum atomic E-state index is 12.7. The lowest BCUT2D eigenvalue weighted by Crippen LogP contribution is -2.50. The van der Waals surface area contributed by atoms with Crippen LogP contribution in [0.2, 0.25) is 0 Å². The van der Waals surface area contributed by atoms with Crippen LogP contribution in [0, 0.1) is 5.92 Å². The summed E-state index contributed by atoms with van der Waals surface area (Å²) in [5.41, 5.74) is 0. The zero-order valence-electron chi connectivity index (χ0n) is 14.3. The van der Waals surface area contributed by atoms with Crippen LogP contribution in [0.25, 0.3) is 10.2 Å². The monoisotopic (exact) mass is 362 g/mol. The minimum absolute atomic E-state index is 0.188. The number of aliphatic carboxylic acids is 1. The van der Waals surface area contributed by atoms with E-state index in [4.69, 9.17) is 0 Å². The van der Waals surface area contributed by atoms with E-state index >= 15 is 0 Å². The number of carboxylic acids is 1. The summed E-state index contributed by atoms with van der Waals surface area (Å²) < 4.78 is 0. The molecule has 1 aliphatic heterocycles. The highest BCUT2D eigenvalue weighted by Crippen LogP contribution is 2.31. The summed E-state index contributed by atoms with van der Waals surface area (Å²) in [5.74, 6) is -0.297. The fourth-order valence-corrected chi connectivity index (χ4v) is 3.99. The molecule has 7 nitrogen and oxygen atoms in total. The van der Waals surface area contributed by atoms with Gasteiger partial charge in [0.2, 0.25) is 5.91 Å². The molecular weight excluding hydrogens is 340 g/mol. The smallest absolute Gasteiger partial charge is 0.326 e. The van der Waals surface area contributed by atoms with Crippen molar-refractivity contribution in [3.8, 4) is 0 Å². The highest BCUT2D eigenvalue weighted by atomic mass is 32.1. The van der Waals surface area contributed by atoms with Gasteiger partial charge in [-0.2, -0.15) is 0 Å². The summed E-state index contributed by atoms with van der Waals surface area (Å²) in [5, 5.41) is 15.0. The van der Waals surface area contributed by atoms with Crippen LogP contribution in [-0.2, 0) is 9.59 Å². The largest absolute Gasteiger partial charge is 0.480 e. The molecule has 0 radical (unpaired) electrons. The molecule has 0 saturated carbocycles. The van der Waals surface area contributed by atoms with Gasteiger partial charge in [-0.3, -0.25) is 4.79 Å². The second-order valence-electron chi connectivity index (χ2n) is 6.72. The zero-order valence-corrected chi connectivity index (χ0v) is 15.1. The van der Waals surface area contributed by atoms with E-state index in [1.54, 1.807) is 0 Å². The number of carboxylic acid groups (broad SMARTS) is 1. The summed E-state index contributed by atoms with van der Waals surface area (Å²) >= 11 is 1.54. The van der Waals surface area contributed by atoms with Gasteiger partial charge in [-0.05, 0) is 36.6 Å². The molecular formula is C17H22N4O3S. The van der Waals surface area contributed by atoms with Crippen molar-refractivity contribution in [2.45, 2.75) is 45.2 Å². The molecule has 0 spiro atoms. The fourth-order valence-electron chi connectivity index (χ4n) is 3.26. The van der Waals surface area contributed by atoms with Gasteiger partial charge in [0.15, 0.2) is 0 Å². The van der Waals surface area contributed by atoms with Crippen LogP contribution in [0.4, 0.5) is 5.82 Å². The quantitative estimate of drug-likeness (QED) is 0.818. The average Bonchev–Trinajstić information content (AvgIpc) is 3.22. The molecule has 1 amide bonds. The molecule has 2 aromatic rings. The number of fused-ring (bicyclic) bond motifs is 1. The maximum absolute atomic E-state index is 12.7. The second-order valence-corrected chi connectivity index (χ2v) is 7.61. The molecule has 1 saturated heterocycles. The zero-order chi connectivity index (χ0) is 18.0. The fraction of sp³-hybridized carbons (Fsp3) is 0.529. The summed E-state index contributed by atoms with van der Waals surface area (Å²) in [6, 6.07) is 0.704. The van der Waals surface area contributed by atoms with E-state index in [2.05, 4.69) is 15.3 Å². The Morgan fingerprint density at radius 1 is 1.44 bits per heavy atom. The Hall–Kier alpha value is -2.22. The van der Waals surface area contributed by atoms with E-state index in [1.165, 1.54) is 17.7 Å². The number of nitrogens with zero attached hydrogens (tertiary/aromatic N) is 3. The van der Waals surface area contributed by atoms with Gasteiger partial charge >= 0.3 is 5.97 Å². The number of hydrogen-bond acceptors (Lipinski definition) is 6. The Labute approximate surface area is 150 Å². The SMILES string of the molecule is CC(C)C[C@@H](NC(=O)C1CCCN1c1ncnc2sccc12)C(=O)O. The standard InChI is InChI=1S/C17H22N4O3S/c1-10(2)8-12(17(23)24)20-15(22)13-4-3-6-21(13)14-11-5-7-25-16(11)19-9-18-14/h5,7,9-10,12-13H,3-4,6,8H2,1-2H3,(H,20,22)(H,23,24)/t12-,13?/m1/s1. The van der Waals surface area contributed by atoms with Crippen molar-refractivity contribution in [2.24, 2.45) is 5.92 Å². The first-order valence-electron chi connectivity index (χ1n) is 8.45. The molecule has 0 aromatic carbocycles. The highest BCUT2D eigenvalue weighted by molar-refractivity contribution is 7.16. The number of carbonyl (C=O) groups excluding carboxylic acids is 1. The molecule has 2 atom stereocenters. The van der Waals surface area contributed by atoms with Gasteiger partial charge in [-0.15, -0.1) is 11.3 Å². The number of nitrogens with one attached hydrogen (secondary N) is 1. The molecule has 2 aromatic heterocycles. The molecule has 1 fully saturated rings. The molecule has 3 rings (SSSR count). The number of carbonyl (C=O) groups is 2. The predicted octanol–water partition coefficient (Wildman–Crippen LogP) is 2.28. The van der Waals surface area contributed by atoms with Crippen molar-refractivity contribution >= 4 is 39.2 Å². The molecule has 3 heterocycles. The van der Waals surface area contributed by atoms with Gasteiger partial charge in [0.1, 0.15) is 29.1 Å². The lowest BCUT2D eigenvalue weighted by molar-refractivity contribution is -0.142. The van der Waals surface area contributed by atoms with E-state index < -0.39 is 18.1 Å².